The third-order valence-electron chi connectivity index (χ3n) is 3.29. The van der Waals surface area contributed by atoms with E-state index in [0.29, 0.717) is 31.2 Å². The van der Waals surface area contributed by atoms with E-state index in [4.69, 9.17) is 10.5 Å². The molecule has 0 unspecified atom stereocenters. The SMILES string of the molecule is CCc1nc(NC(=O)C2(N)CCOCC2)sc1C.Cl. The molecule has 1 aromatic heterocycles. The fraction of sp³-hybridized carbons (Fsp3) is 0.667. The molecule has 1 aliphatic heterocycles. The van der Waals surface area contributed by atoms with Crippen LogP contribution in [0.5, 0.6) is 0 Å². The smallest absolute Gasteiger partial charge is 0.246 e. The molecule has 2 rings (SSSR count). The Morgan fingerprint density at radius 3 is 2.68 bits per heavy atom. The number of nitrogens with zero attached hydrogens (tertiary/aromatic N) is 1. The number of halogens is 1. The number of carbonyl (C=O) groups excluding carboxylic acids is 1. The molecule has 1 aromatic rings. The number of hydrogen-bond acceptors (Lipinski definition) is 5. The number of aryl methyl sites for hydroxylation is 2. The van der Waals surface area contributed by atoms with Gasteiger partial charge in [-0.1, -0.05) is 6.92 Å². The van der Waals surface area contributed by atoms with Gasteiger partial charge in [-0.15, -0.1) is 23.7 Å². The topological polar surface area (TPSA) is 77.2 Å². The molecule has 0 aliphatic carbocycles. The van der Waals surface area contributed by atoms with Crippen LogP contribution in [0.1, 0.15) is 30.3 Å². The van der Waals surface area contributed by atoms with Crippen molar-refractivity contribution in [2.75, 3.05) is 18.5 Å². The van der Waals surface area contributed by atoms with Crippen LogP contribution in [-0.2, 0) is 16.0 Å². The maximum absolute atomic E-state index is 12.2. The number of aromatic nitrogens is 1. The van der Waals surface area contributed by atoms with Gasteiger partial charge in [0, 0.05) is 18.1 Å². The molecule has 7 heteroatoms. The average Bonchev–Trinajstić information content (AvgIpc) is 2.70. The van der Waals surface area contributed by atoms with E-state index in [1.807, 2.05) is 6.92 Å². The third-order valence-corrected chi connectivity index (χ3v) is 4.21. The molecule has 19 heavy (non-hydrogen) atoms. The number of thiazole rings is 1. The summed E-state index contributed by atoms with van der Waals surface area (Å²) in [5.41, 5.74) is 6.33. The van der Waals surface area contributed by atoms with Crippen molar-refractivity contribution in [3.63, 3.8) is 0 Å². The molecular formula is C12H20ClN3O2S. The number of rotatable bonds is 3. The molecule has 1 aliphatic rings. The minimum absolute atomic E-state index is 0. The number of nitrogens with one attached hydrogen (secondary N) is 1. The highest BCUT2D eigenvalue weighted by Gasteiger charge is 2.36. The lowest BCUT2D eigenvalue weighted by atomic mass is 9.90. The molecule has 0 spiro atoms. The monoisotopic (exact) mass is 305 g/mol. The fourth-order valence-corrected chi connectivity index (χ4v) is 2.89. The largest absolute Gasteiger partial charge is 0.381 e. The molecule has 5 nitrogen and oxygen atoms in total. The molecule has 0 saturated carbocycles. The Morgan fingerprint density at radius 1 is 1.53 bits per heavy atom. The molecule has 1 amide bonds. The summed E-state index contributed by atoms with van der Waals surface area (Å²) < 4.78 is 5.23. The van der Waals surface area contributed by atoms with Crippen molar-refractivity contribution in [3.05, 3.63) is 10.6 Å². The van der Waals surface area contributed by atoms with Crippen LogP contribution in [0, 0.1) is 6.92 Å². The molecule has 0 bridgehead atoms. The lowest BCUT2D eigenvalue weighted by molar-refractivity contribution is -0.124. The van der Waals surface area contributed by atoms with Crippen LogP contribution in [0.25, 0.3) is 0 Å². The highest BCUT2D eigenvalue weighted by molar-refractivity contribution is 7.15. The van der Waals surface area contributed by atoms with Crippen LogP contribution in [0.15, 0.2) is 0 Å². The predicted octanol–water partition coefficient (Wildman–Crippen LogP) is 1.88. The summed E-state index contributed by atoms with van der Waals surface area (Å²) in [4.78, 5) is 17.7. The Kier molecular flexibility index (Phi) is 5.73. The molecule has 0 aromatic carbocycles. The summed E-state index contributed by atoms with van der Waals surface area (Å²) >= 11 is 1.50. The van der Waals surface area contributed by atoms with E-state index in [1.54, 1.807) is 0 Å². The molecular weight excluding hydrogens is 286 g/mol. The number of anilines is 1. The van der Waals surface area contributed by atoms with Gasteiger partial charge in [-0.3, -0.25) is 4.79 Å². The lowest BCUT2D eigenvalue weighted by Gasteiger charge is -2.31. The van der Waals surface area contributed by atoms with Crippen molar-refractivity contribution in [2.24, 2.45) is 5.73 Å². The first-order valence-corrected chi connectivity index (χ1v) is 7.01. The number of amides is 1. The van der Waals surface area contributed by atoms with Gasteiger partial charge in [-0.2, -0.15) is 0 Å². The van der Waals surface area contributed by atoms with Crippen molar-refractivity contribution >= 4 is 34.8 Å². The molecule has 108 valence electrons. The quantitative estimate of drug-likeness (QED) is 0.894. The fourth-order valence-electron chi connectivity index (χ4n) is 1.99. The van der Waals surface area contributed by atoms with Crippen molar-refractivity contribution in [2.45, 2.75) is 38.6 Å². The third kappa shape index (κ3) is 3.66. The van der Waals surface area contributed by atoms with Crippen LogP contribution in [0.2, 0.25) is 0 Å². The highest BCUT2D eigenvalue weighted by Crippen LogP contribution is 2.25. The van der Waals surface area contributed by atoms with E-state index in [-0.39, 0.29) is 18.3 Å². The first-order valence-electron chi connectivity index (χ1n) is 6.19. The summed E-state index contributed by atoms with van der Waals surface area (Å²) in [6.45, 7) is 5.15. The van der Waals surface area contributed by atoms with Crippen molar-refractivity contribution < 1.29 is 9.53 Å². The normalized spacial score (nSPS) is 17.6. The summed E-state index contributed by atoms with van der Waals surface area (Å²) in [5.74, 6) is -0.151. The van der Waals surface area contributed by atoms with Crippen molar-refractivity contribution in [1.29, 1.82) is 0 Å². The highest BCUT2D eigenvalue weighted by atomic mass is 35.5. The maximum Gasteiger partial charge on any atom is 0.246 e. The van der Waals surface area contributed by atoms with E-state index in [9.17, 15) is 4.79 Å². The molecule has 1 saturated heterocycles. The standard InChI is InChI=1S/C12H19N3O2S.ClH/c1-3-9-8(2)18-11(14-9)15-10(16)12(13)4-6-17-7-5-12;/h3-7,13H2,1-2H3,(H,14,15,16);1H. The van der Waals surface area contributed by atoms with Gasteiger partial charge in [0.1, 0.15) is 5.54 Å². The Labute approximate surface area is 123 Å². The van der Waals surface area contributed by atoms with Gasteiger partial charge in [0.05, 0.1) is 5.69 Å². The zero-order chi connectivity index (χ0) is 13.2. The van der Waals surface area contributed by atoms with Gasteiger partial charge >= 0.3 is 0 Å². The summed E-state index contributed by atoms with van der Waals surface area (Å²) in [5, 5.41) is 3.48. The van der Waals surface area contributed by atoms with E-state index >= 15 is 0 Å². The lowest BCUT2D eigenvalue weighted by Crippen LogP contribution is -2.54. The molecule has 2 heterocycles. The Morgan fingerprint density at radius 2 is 2.16 bits per heavy atom. The van der Waals surface area contributed by atoms with Gasteiger partial charge < -0.3 is 15.8 Å². The van der Waals surface area contributed by atoms with E-state index in [0.717, 1.165) is 17.0 Å². The Balaban J connectivity index is 0.00000180. The van der Waals surface area contributed by atoms with Gasteiger partial charge in [0.15, 0.2) is 5.13 Å². The van der Waals surface area contributed by atoms with Gasteiger partial charge in [0.2, 0.25) is 5.91 Å². The molecule has 3 N–H and O–H groups in total. The first kappa shape index (κ1) is 16.4. The van der Waals surface area contributed by atoms with Crippen LogP contribution < -0.4 is 11.1 Å². The summed E-state index contributed by atoms with van der Waals surface area (Å²) in [7, 11) is 0. The summed E-state index contributed by atoms with van der Waals surface area (Å²) in [6.07, 6.45) is 1.99. The zero-order valence-electron chi connectivity index (χ0n) is 11.2. The van der Waals surface area contributed by atoms with E-state index in [1.165, 1.54) is 11.3 Å². The Bertz CT molecular complexity index is 444. The number of nitrogens with two attached hydrogens (primary N) is 1. The van der Waals surface area contributed by atoms with E-state index < -0.39 is 5.54 Å². The second kappa shape index (κ2) is 6.65. The second-order valence-corrected chi connectivity index (χ2v) is 5.80. The van der Waals surface area contributed by atoms with Gasteiger partial charge in [-0.25, -0.2) is 4.98 Å². The molecule has 0 atom stereocenters. The number of carbonyl (C=O) groups is 1. The van der Waals surface area contributed by atoms with Crippen LogP contribution >= 0.6 is 23.7 Å². The Hall–Kier alpha value is -0.690. The minimum Gasteiger partial charge on any atom is -0.381 e. The predicted molar refractivity (Wildman–Crippen MR) is 79.1 cm³/mol. The van der Waals surface area contributed by atoms with E-state index in [2.05, 4.69) is 17.2 Å². The molecule has 0 radical (unpaired) electrons. The van der Waals surface area contributed by atoms with Crippen molar-refractivity contribution in [1.82, 2.24) is 4.98 Å². The minimum atomic E-state index is -0.815. The average molecular weight is 306 g/mol. The van der Waals surface area contributed by atoms with Gasteiger partial charge in [-0.05, 0) is 26.2 Å². The van der Waals surface area contributed by atoms with Crippen molar-refractivity contribution in [3.8, 4) is 0 Å². The number of hydrogen-bond donors (Lipinski definition) is 2. The van der Waals surface area contributed by atoms with Crippen LogP contribution in [0.4, 0.5) is 5.13 Å². The van der Waals surface area contributed by atoms with Gasteiger partial charge in [0.25, 0.3) is 0 Å². The zero-order valence-corrected chi connectivity index (χ0v) is 12.8. The van der Waals surface area contributed by atoms with Crippen LogP contribution in [-0.4, -0.2) is 29.6 Å². The first-order chi connectivity index (χ1) is 8.55. The number of ether oxygens (including phenoxy) is 1. The molecule has 1 fully saturated rings. The maximum atomic E-state index is 12.2. The summed E-state index contributed by atoms with van der Waals surface area (Å²) in [6, 6.07) is 0. The van der Waals surface area contributed by atoms with Crippen LogP contribution in [0.3, 0.4) is 0 Å². The second-order valence-electron chi connectivity index (χ2n) is 4.60.